The highest BCUT2D eigenvalue weighted by Gasteiger charge is 2.21. The van der Waals surface area contributed by atoms with Crippen LogP contribution >= 0.6 is 11.6 Å². The maximum absolute atomic E-state index is 12.5. The van der Waals surface area contributed by atoms with Gasteiger partial charge in [-0.05, 0) is 37.8 Å². The highest BCUT2D eigenvalue weighted by atomic mass is 35.5. The zero-order valence-corrected chi connectivity index (χ0v) is 17.1. The molecule has 3 N–H and O–H groups in total. The van der Waals surface area contributed by atoms with Crippen LogP contribution in [0.3, 0.4) is 0 Å². The minimum atomic E-state index is -0.0389. The average Bonchev–Trinajstić information content (AvgIpc) is 2.70. The van der Waals surface area contributed by atoms with Gasteiger partial charge in [0.1, 0.15) is 11.6 Å². The molecule has 1 fully saturated rings. The van der Waals surface area contributed by atoms with Crippen LogP contribution in [0.1, 0.15) is 33.1 Å². The minimum absolute atomic E-state index is 0.0249. The van der Waals surface area contributed by atoms with E-state index in [0.717, 1.165) is 32.4 Å². The molecule has 1 aliphatic heterocycles. The number of amides is 1. The van der Waals surface area contributed by atoms with Crippen LogP contribution in [0.2, 0.25) is 5.02 Å². The Morgan fingerprint density at radius 1 is 1.32 bits per heavy atom. The summed E-state index contributed by atoms with van der Waals surface area (Å²) in [5.41, 5.74) is 1.32. The number of rotatable bonds is 7. The molecule has 1 atom stereocenters. The summed E-state index contributed by atoms with van der Waals surface area (Å²) in [5.74, 6) is 1.72. The van der Waals surface area contributed by atoms with E-state index >= 15 is 0 Å². The molecule has 0 spiro atoms. The number of nitrogens with zero attached hydrogens (tertiary/aromatic N) is 3. The number of pyridine rings is 1. The molecule has 2 aromatic rings. The van der Waals surface area contributed by atoms with Crippen LogP contribution in [-0.4, -0.2) is 40.5 Å². The lowest BCUT2D eigenvalue weighted by molar-refractivity contribution is -0.120. The maximum Gasteiger partial charge on any atom is 0.229 e. The van der Waals surface area contributed by atoms with Crippen LogP contribution in [0, 0.1) is 11.8 Å². The normalized spacial score (nSPS) is 16.8. The lowest BCUT2D eigenvalue weighted by Gasteiger charge is -2.21. The van der Waals surface area contributed by atoms with Gasteiger partial charge in [0.15, 0.2) is 0 Å². The Bertz CT molecular complexity index is 807. The second-order valence-electron chi connectivity index (χ2n) is 7.48. The van der Waals surface area contributed by atoms with E-state index in [-0.39, 0.29) is 11.8 Å². The van der Waals surface area contributed by atoms with Crippen LogP contribution in [0.4, 0.5) is 11.6 Å². The van der Waals surface area contributed by atoms with E-state index in [4.69, 9.17) is 11.6 Å². The van der Waals surface area contributed by atoms with E-state index in [2.05, 4.69) is 44.7 Å². The molecule has 1 saturated heterocycles. The van der Waals surface area contributed by atoms with Crippen LogP contribution in [0.25, 0.3) is 11.3 Å². The van der Waals surface area contributed by atoms with E-state index in [1.54, 1.807) is 18.5 Å². The minimum Gasteiger partial charge on any atom is -0.369 e. The van der Waals surface area contributed by atoms with Gasteiger partial charge in [0.25, 0.3) is 0 Å². The second-order valence-corrected chi connectivity index (χ2v) is 7.89. The van der Waals surface area contributed by atoms with E-state index in [9.17, 15) is 4.79 Å². The van der Waals surface area contributed by atoms with Crippen LogP contribution in [0.5, 0.6) is 0 Å². The van der Waals surface area contributed by atoms with Gasteiger partial charge < -0.3 is 16.0 Å². The molecule has 0 bridgehead atoms. The molecule has 8 heteroatoms. The summed E-state index contributed by atoms with van der Waals surface area (Å²) < 4.78 is 0. The molecule has 28 heavy (non-hydrogen) atoms. The number of aromatic nitrogens is 3. The predicted octanol–water partition coefficient (Wildman–Crippen LogP) is 3.59. The molecule has 0 radical (unpaired) electrons. The van der Waals surface area contributed by atoms with Crippen LogP contribution in [-0.2, 0) is 4.79 Å². The van der Waals surface area contributed by atoms with Crippen molar-refractivity contribution in [3.05, 3.63) is 29.7 Å². The summed E-state index contributed by atoms with van der Waals surface area (Å²) in [6.07, 6.45) is 7.82. The Balaban J connectivity index is 1.73. The maximum atomic E-state index is 12.5. The fourth-order valence-electron chi connectivity index (χ4n) is 3.08. The Hall–Kier alpha value is -2.25. The summed E-state index contributed by atoms with van der Waals surface area (Å²) in [5, 5.41) is 9.90. The van der Waals surface area contributed by atoms with Gasteiger partial charge >= 0.3 is 0 Å². The zero-order valence-electron chi connectivity index (χ0n) is 16.3. The molecule has 7 nitrogen and oxygen atoms in total. The van der Waals surface area contributed by atoms with Crippen LogP contribution in [0.15, 0.2) is 24.7 Å². The number of piperidine rings is 1. The number of nitrogens with one attached hydrogen (secondary N) is 3. The van der Waals surface area contributed by atoms with Crippen molar-refractivity contribution in [1.29, 1.82) is 0 Å². The SMILES string of the molecule is CC(C)CCNc1cncc(-c2cc(NC(=O)C3CCCNC3)ncc2Cl)n1. The number of carbonyl (C=O) groups excluding carboxylic acids is 1. The smallest absolute Gasteiger partial charge is 0.229 e. The lowest BCUT2D eigenvalue weighted by atomic mass is 9.99. The van der Waals surface area contributed by atoms with Crippen molar-refractivity contribution in [3.63, 3.8) is 0 Å². The van der Waals surface area contributed by atoms with Crippen molar-refractivity contribution in [2.75, 3.05) is 30.3 Å². The molecule has 2 aromatic heterocycles. The van der Waals surface area contributed by atoms with E-state index in [1.165, 1.54) is 6.20 Å². The molecule has 1 amide bonds. The van der Waals surface area contributed by atoms with Crippen molar-refractivity contribution in [2.45, 2.75) is 33.1 Å². The average molecular weight is 403 g/mol. The van der Waals surface area contributed by atoms with E-state index in [1.807, 2.05) is 0 Å². The van der Waals surface area contributed by atoms with Crippen LogP contribution < -0.4 is 16.0 Å². The summed E-state index contributed by atoms with van der Waals surface area (Å²) in [6, 6.07) is 1.75. The van der Waals surface area contributed by atoms with Gasteiger partial charge in [-0.3, -0.25) is 9.78 Å². The molecule has 3 rings (SSSR count). The summed E-state index contributed by atoms with van der Waals surface area (Å²) in [6.45, 7) is 6.85. The molecule has 0 aromatic carbocycles. The number of hydrogen-bond acceptors (Lipinski definition) is 6. The topological polar surface area (TPSA) is 91.8 Å². The summed E-state index contributed by atoms with van der Waals surface area (Å²) in [4.78, 5) is 25.6. The molecule has 0 aliphatic carbocycles. The number of anilines is 2. The van der Waals surface area contributed by atoms with Gasteiger partial charge in [-0.15, -0.1) is 0 Å². The van der Waals surface area contributed by atoms with Gasteiger partial charge in [-0.1, -0.05) is 25.4 Å². The first-order valence-electron chi connectivity index (χ1n) is 9.76. The quantitative estimate of drug-likeness (QED) is 0.655. The van der Waals surface area contributed by atoms with Gasteiger partial charge in [0.05, 0.1) is 29.0 Å². The molecular formula is C20H27ClN6O. The number of hydrogen-bond donors (Lipinski definition) is 3. The Morgan fingerprint density at radius 3 is 2.93 bits per heavy atom. The lowest BCUT2D eigenvalue weighted by Crippen LogP contribution is -2.37. The third-order valence-corrected chi connectivity index (χ3v) is 5.01. The van der Waals surface area contributed by atoms with E-state index in [0.29, 0.717) is 40.4 Å². The zero-order chi connectivity index (χ0) is 19.9. The molecule has 1 aliphatic rings. The van der Waals surface area contributed by atoms with Crippen molar-refractivity contribution >= 4 is 29.1 Å². The molecule has 0 saturated carbocycles. The Morgan fingerprint density at radius 2 is 2.18 bits per heavy atom. The monoisotopic (exact) mass is 402 g/mol. The van der Waals surface area contributed by atoms with Crippen molar-refractivity contribution < 1.29 is 4.79 Å². The largest absolute Gasteiger partial charge is 0.369 e. The predicted molar refractivity (Wildman–Crippen MR) is 112 cm³/mol. The van der Waals surface area contributed by atoms with Gasteiger partial charge in [-0.25, -0.2) is 9.97 Å². The van der Waals surface area contributed by atoms with Gasteiger partial charge in [0, 0.05) is 24.8 Å². The number of carbonyl (C=O) groups is 1. The van der Waals surface area contributed by atoms with Gasteiger partial charge in [-0.2, -0.15) is 0 Å². The van der Waals surface area contributed by atoms with Gasteiger partial charge in [0.2, 0.25) is 5.91 Å². The standard InChI is InChI=1S/C20H27ClN6O/c1-13(2)5-7-24-19-12-23-11-17(26-19)15-8-18(25-10-16(15)21)27-20(28)14-4-3-6-22-9-14/h8,10-14,22H,3-7,9H2,1-2H3,(H,24,26)(H,25,27,28). The molecule has 150 valence electrons. The third-order valence-electron chi connectivity index (χ3n) is 4.71. The first-order valence-corrected chi connectivity index (χ1v) is 10.1. The molecular weight excluding hydrogens is 376 g/mol. The van der Waals surface area contributed by atoms with E-state index < -0.39 is 0 Å². The summed E-state index contributed by atoms with van der Waals surface area (Å²) in [7, 11) is 0. The third kappa shape index (κ3) is 5.62. The first kappa shape index (κ1) is 20.5. The fraction of sp³-hybridized carbons (Fsp3) is 0.500. The first-order chi connectivity index (χ1) is 13.5. The van der Waals surface area contributed by atoms with Crippen molar-refractivity contribution in [1.82, 2.24) is 20.3 Å². The fourth-order valence-corrected chi connectivity index (χ4v) is 3.28. The number of halogens is 1. The summed E-state index contributed by atoms with van der Waals surface area (Å²) >= 11 is 6.34. The van der Waals surface area contributed by atoms with Crippen molar-refractivity contribution in [3.8, 4) is 11.3 Å². The highest BCUT2D eigenvalue weighted by Crippen LogP contribution is 2.28. The Labute approximate surface area is 170 Å². The highest BCUT2D eigenvalue weighted by molar-refractivity contribution is 6.33. The molecule has 3 heterocycles. The second kappa shape index (κ2) is 9.80. The van der Waals surface area contributed by atoms with Crippen molar-refractivity contribution in [2.24, 2.45) is 11.8 Å². The molecule has 1 unspecified atom stereocenters. The Kier molecular flexibility index (Phi) is 7.17.